The van der Waals surface area contributed by atoms with E-state index in [9.17, 15) is 9.18 Å². The third-order valence-corrected chi connectivity index (χ3v) is 5.14. The Bertz CT molecular complexity index is 1010. The van der Waals surface area contributed by atoms with Crippen molar-refractivity contribution in [1.82, 2.24) is 19.9 Å². The molecule has 3 aromatic rings. The van der Waals surface area contributed by atoms with Gasteiger partial charge in [0.15, 0.2) is 17.5 Å². The van der Waals surface area contributed by atoms with E-state index in [1.54, 1.807) is 12.3 Å². The number of nitrogens with two attached hydrogens (primary N) is 1. The van der Waals surface area contributed by atoms with Crippen LogP contribution in [0.4, 0.5) is 10.2 Å². The largest absolute Gasteiger partial charge is 0.369 e. The Morgan fingerprint density at radius 1 is 1.30 bits per heavy atom. The lowest BCUT2D eigenvalue weighted by molar-refractivity contribution is -0.122. The van der Waals surface area contributed by atoms with Crippen molar-refractivity contribution in [3.05, 3.63) is 35.5 Å². The Labute approximate surface area is 159 Å². The third-order valence-electron chi connectivity index (χ3n) is 4.94. The number of pyridine rings is 1. The number of rotatable bonds is 4. The molecule has 0 saturated heterocycles. The number of fused-ring (bicyclic) bond motifs is 1. The minimum Gasteiger partial charge on any atom is -0.369 e. The summed E-state index contributed by atoms with van der Waals surface area (Å²) in [6.45, 7) is 0. The maximum Gasteiger partial charge on any atom is 0.222 e. The SMILES string of the molecule is NC(=O)[C@@H]1CCCC[C@@H]1Nc1nc(-c2c[nH]c3ncc(Cl)cc23)ncc1F. The average Bonchev–Trinajstić information content (AvgIpc) is 3.07. The van der Waals surface area contributed by atoms with E-state index in [4.69, 9.17) is 17.3 Å². The van der Waals surface area contributed by atoms with Crippen LogP contribution in [0.3, 0.4) is 0 Å². The van der Waals surface area contributed by atoms with Gasteiger partial charge >= 0.3 is 0 Å². The van der Waals surface area contributed by atoms with Crippen LogP contribution in [-0.4, -0.2) is 31.9 Å². The summed E-state index contributed by atoms with van der Waals surface area (Å²) < 4.78 is 14.3. The second-order valence-corrected chi connectivity index (χ2v) is 7.12. The van der Waals surface area contributed by atoms with E-state index in [1.165, 1.54) is 6.20 Å². The van der Waals surface area contributed by atoms with Gasteiger partial charge in [0.25, 0.3) is 0 Å². The quantitative estimate of drug-likeness (QED) is 0.635. The highest BCUT2D eigenvalue weighted by Crippen LogP contribution is 2.30. The summed E-state index contributed by atoms with van der Waals surface area (Å²) in [7, 11) is 0. The molecule has 7 nitrogen and oxygen atoms in total. The van der Waals surface area contributed by atoms with Crippen molar-refractivity contribution >= 4 is 34.4 Å². The number of nitrogens with zero attached hydrogens (tertiary/aromatic N) is 3. The number of aromatic amines is 1. The lowest BCUT2D eigenvalue weighted by Gasteiger charge is -2.30. The molecule has 3 aromatic heterocycles. The van der Waals surface area contributed by atoms with Crippen LogP contribution in [0.15, 0.2) is 24.7 Å². The summed E-state index contributed by atoms with van der Waals surface area (Å²) in [6, 6.07) is 1.51. The van der Waals surface area contributed by atoms with Crippen molar-refractivity contribution < 1.29 is 9.18 Å². The molecule has 0 bridgehead atoms. The molecular weight excluding hydrogens is 371 g/mol. The number of carbonyl (C=O) groups is 1. The van der Waals surface area contributed by atoms with Crippen LogP contribution in [0.25, 0.3) is 22.4 Å². The minimum atomic E-state index is -0.580. The first-order chi connectivity index (χ1) is 13.0. The normalized spacial score (nSPS) is 19.9. The first-order valence-electron chi connectivity index (χ1n) is 8.74. The number of anilines is 1. The minimum absolute atomic E-state index is 0.0579. The van der Waals surface area contributed by atoms with Crippen molar-refractivity contribution in [1.29, 1.82) is 0 Å². The Balaban J connectivity index is 1.69. The Morgan fingerprint density at radius 2 is 2.11 bits per heavy atom. The zero-order valence-corrected chi connectivity index (χ0v) is 15.1. The highest BCUT2D eigenvalue weighted by Gasteiger charge is 2.30. The molecule has 0 unspecified atom stereocenters. The van der Waals surface area contributed by atoms with Gasteiger partial charge in [0.1, 0.15) is 5.65 Å². The molecule has 0 spiro atoms. The summed E-state index contributed by atoms with van der Waals surface area (Å²) in [6.07, 6.45) is 7.68. The zero-order valence-electron chi connectivity index (χ0n) is 14.4. The summed E-state index contributed by atoms with van der Waals surface area (Å²) in [5.41, 5.74) is 6.81. The van der Waals surface area contributed by atoms with Gasteiger partial charge in [-0.3, -0.25) is 4.79 Å². The molecule has 0 radical (unpaired) electrons. The van der Waals surface area contributed by atoms with Crippen molar-refractivity contribution in [2.45, 2.75) is 31.7 Å². The molecule has 9 heteroatoms. The number of primary amides is 1. The number of carbonyl (C=O) groups excluding carboxylic acids is 1. The molecule has 0 aliphatic heterocycles. The molecule has 1 aliphatic rings. The first kappa shape index (κ1) is 17.7. The molecule has 3 heterocycles. The van der Waals surface area contributed by atoms with Crippen molar-refractivity contribution in [3.63, 3.8) is 0 Å². The molecule has 2 atom stereocenters. The summed E-state index contributed by atoms with van der Waals surface area (Å²) in [5, 5.41) is 4.29. The Morgan fingerprint density at radius 3 is 2.93 bits per heavy atom. The second kappa shape index (κ2) is 7.11. The van der Waals surface area contributed by atoms with Crippen molar-refractivity contribution in [3.8, 4) is 11.4 Å². The number of halogens is 2. The van der Waals surface area contributed by atoms with E-state index in [-0.39, 0.29) is 23.7 Å². The number of hydrogen-bond donors (Lipinski definition) is 3. The molecule has 1 amide bonds. The first-order valence-corrected chi connectivity index (χ1v) is 9.12. The lowest BCUT2D eigenvalue weighted by atomic mass is 9.84. The van der Waals surface area contributed by atoms with Gasteiger partial charge in [0.05, 0.1) is 17.1 Å². The Kier molecular flexibility index (Phi) is 4.65. The number of H-pyrrole nitrogens is 1. The van der Waals surface area contributed by atoms with Crippen molar-refractivity contribution in [2.24, 2.45) is 11.7 Å². The zero-order chi connectivity index (χ0) is 19.0. The van der Waals surface area contributed by atoms with Gasteiger partial charge in [-0.1, -0.05) is 24.4 Å². The fraction of sp³-hybridized carbons (Fsp3) is 0.333. The molecule has 27 heavy (non-hydrogen) atoms. The van der Waals surface area contributed by atoms with Gasteiger partial charge in [-0.2, -0.15) is 0 Å². The second-order valence-electron chi connectivity index (χ2n) is 6.69. The van der Waals surface area contributed by atoms with Crippen LogP contribution < -0.4 is 11.1 Å². The van der Waals surface area contributed by atoms with E-state index in [1.807, 2.05) is 0 Å². The number of amides is 1. The van der Waals surface area contributed by atoms with E-state index in [2.05, 4.69) is 25.3 Å². The molecule has 1 fully saturated rings. The molecule has 140 valence electrons. The van der Waals surface area contributed by atoms with Gasteiger partial charge in [-0.15, -0.1) is 0 Å². The number of nitrogens with one attached hydrogen (secondary N) is 2. The van der Waals surface area contributed by atoms with E-state index in [0.29, 0.717) is 28.5 Å². The maximum atomic E-state index is 14.3. The predicted molar refractivity (Wildman–Crippen MR) is 101 cm³/mol. The number of hydrogen-bond acceptors (Lipinski definition) is 5. The molecule has 4 rings (SSSR count). The Hall–Kier alpha value is -2.74. The summed E-state index contributed by atoms with van der Waals surface area (Å²) >= 11 is 6.03. The number of aromatic nitrogens is 4. The van der Waals surface area contributed by atoms with Crippen molar-refractivity contribution in [2.75, 3.05) is 5.32 Å². The van der Waals surface area contributed by atoms with Crippen LogP contribution in [0.1, 0.15) is 25.7 Å². The maximum absolute atomic E-state index is 14.3. The molecule has 1 saturated carbocycles. The third kappa shape index (κ3) is 3.44. The molecule has 0 aromatic carbocycles. The van der Waals surface area contributed by atoms with Crippen LogP contribution in [0, 0.1) is 11.7 Å². The van der Waals surface area contributed by atoms with Gasteiger partial charge in [0.2, 0.25) is 5.91 Å². The monoisotopic (exact) mass is 388 g/mol. The van der Waals surface area contributed by atoms with Gasteiger partial charge in [-0.25, -0.2) is 19.3 Å². The smallest absolute Gasteiger partial charge is 0.222 e. The van der Waals surface area contributed by atoms with E-state index < -0.39 is 5.82 Å². The van der Waals surface area contributed by atoms with Crippen LogP contribution in [-0.2, 0) is 4.79 Å². The van der Waals surface area contributed by atoms with Crippen LogP contribution in [0.5, 0.6) is 0 Å². The van der Waals surface area contributed by atoms with E-state index >= 15 is 0 Å². The molecule has 1 aliphatic carbocycles. The summed E-state index contributed by atoms with van der Waals surface area (Å²) in [5.74, 6) is -0.904. The average molecular weight is 389 g/mol. The molecule has 4 N–H and O–H groups in total. The highest BCUT2D eigenvalue weighted by molar-refractivity contribution is 6.31. The fourth-order valence-electron chi connectivity index (χ4n) is 3.58. The van der Waals surface area contributed by atoms with Gasteiger partial charge in [0, 0.05) is 29.4 Å². The lowest BCUT2D eigenvalue weighted by Crippen LogP contribution is -2.40. The fourth-order valence-corrected chi connectivity index (χ4v) is 3.74. The predicted octanol–water partition coefficient (Wildman–Crippen LogP) is 3.27. The standard InChI is InChI=1S/C18H18ClFN6O/c19-9-5-11-12(7-23-16(11)22-6-9)17-24-8-13(20)18(26-17)25-14-4-2-1-3-10(14)15(21)27/h5-8,10,14H,1-4H2,(H2,21,27)(H,22,23)(H,24,25,26)/t10-,14+/m1/s1. The van der Waals surface area contributed by atoms with E-state index in [0.717, 1.165) is 30.8 Å². The topological polar surface area (TPSA) is 110 Å². The van der Waals surface area contributed by atoms with Gasteiger partial charge < -0.3 is 16.0 Å². The van der Waals surface area contributed by atoms with Crippen LogP contribution in [0.2, 0.25) is 5.02 Å². The van der Waals surface area contributed by atoms with Crippen LogP contribution >= 0.6 is 11.6 Å². The molecular formula is C18H18ClFN6O. The highest BCUT2D eigenvalue weighted by atomic mass is 35.5. The summed E-state index contributed by atoms with van der Waals surface area (Å²) in [4.78, 5) is 27.4. The van der Waals surface area contributed by atoms with Gasteiger partial charge in [-0.05, 0) is 18.9 Å².